The summed E-state index contributed by atoms with van der Waals surface area (Å²) in [5.74, 6) is 0.734. The van der Waals surface area contributed by atoms with E-state index in [4.69, 9.17) is 4.74 Å². The summed E-state index contributed by atoms with van der Waals surface area (Å²) in [5, 5.41) is 3.38. The van der Waals surface area contributed by atoms with Crippen molar-refractivity contribution in [1.82, 2.24) is 15.2 Å². The lowest BCUT2D eigenvalue weighted by Crippen LogP contribution is -2.26. The number of rotatable bonds is 7. The van der Waals surface area contributed by atoms with Crippen LogP contribution in [0.25, 0.3) is 0 Å². The average Bonchev–Trinajstić information content (AvgIpc) is 2.85. The molecule has 0 saturated carbocycles. The highest BCUT2D eigenvalue weighted by Gasteiger charge is 2.20. The fraction of sp³-hybridized carbons (Fsp3) is 0.688. The summed E-state index contributed by atoms with van der Waals surface area (Å²) >= 11 is 0. The van der Waals surface area contributed by atoms with Gasteiger partial charge in [-0.15, -0.1) is 0 Å². The molecule has 4 nitrogen and oxygen atoms in total. The first-order valence-corrected chi connectivity index (χ1v) is 7.73. The molecule has 1 aliphatic heterocycles. The molecule has 1 aromatic heterocycles. The Kier molecular flexibility index (Phi) is 5.80. The second kappa shape index (κ2) is 7.60. The third kappa shape index (κ3) is 4.18. The highest BCUT2D eigenvalue weighted by atomic mass is 16.5. The van der Waals surface area contributed by atoms with E-state index in [9.17, 15) is 0 Å². The molecule has 2 heterocycles. The van der Waals surface area contributed by atoms with Crippen LogP contribution in [0.1, 0.15) is 44.7 Å². The Hall–Kier alpha value is -1.13. The Labute approximate surface area is 122 Å². The summed E-state index contributed by atoms with van der Waals surface area (Å²) in [6.45, 7) is 7.21. The van der Waals surface area contributed by atoms with Gasteiger partial charge in [0.2, 0.25) is 5.88 Å². The van der Waals surface area contributed by atoms with Crippen molar-refractivity contribution >= 4 is 0 Å². The van der Waals surface area contributed by atoms with E-state index in [2.05, 4.69) is 42.2 Å². The summed E-state index contributed by atoms with van der Waals surface area (Å²) in [6, 6.07) is 5.09. The standard InChI is InChI=1S/C16H27N3O/c1-4-17-13(2)14-7-8-16(18-12-14)20-11-9-15-6-5-10-19(15)3/h7-8,12-13,15,17H,4-6,9-11H2,1-3H3. The molecule has 0 bridgehead atoms. The van der Waals surface area contributed by atoms with Crippen LogP contribution < -0.4 is 10.1 Å². The lowest BCUT2D eigenvalue weighted by molar-refractivity contribution is 0.228. The van der Waals surface area contributed by atoms with Crippen LogP contribution in [0.5, 0.6) is 5.88 Å². The highest BCUT2D eigenvalue weighted by Crippen LogP contribution is 2.19. The molecule has 4 heteroatoms. The summed E-state index contributed by atoms with van der Waals surface area (Å²) in [6.07, 6.45) is 5.61. The van der Waals surface area contributed by atoms with Crippen LogP contribution in [0.4, 0.5) is 0 Å². The normalized spacial score (nSPS) is 21.1. The van der Waals surface area contributed by atoms with Crippen LogP contribution in [-0.4, -0.2) is 42.7 Å². The third-order valence-electron chi connectivity index (χ3n) is 4.14. The molecule has 1 aliphatic rings. The van der Waals surface area contributed by atoms with Gasteiger partial charge in [0.25, 0.3) is 0 Å². The Morgan fingerprint density at radius 3 is 2.95 bits per heavy atom. The number of likely N-dealkylation sites (tertiary alicyclic amines) is 1. The minimum Gasteiger partial charge on any atom is -0.478 e. The van der Waals surface area contributed by atoms with Crippen LogP contribution in [-0.2, 0) is 0 Å². The molecular weight excluding hydrogens is 250 g/mol. The Bertz CT molecular complexity index is 393. The van der Waals surface area contributed by atoms with Crippen LogP contribution in [0.3, 0.4) is 0 Å². The number of nitrogens with one attached hydrogen (secondary N) is 1. The predicted molar refractivity (Wildman–Crippen MR) is 82.1 cm³/mol. The summed E-state index contributed by atoms with van der Waals surface area (Å²) in [5.41, 5.74) is 1.20. The Balaban J connectivity index is 1.76. The molecule has 0 aliphatic carbocycles. The fourth-order valence-electron chi connectivity index (χ4n) is 2.80. The van der Waals surface area contributed by atoms with Crippen LogP contribution >= 0.6 is 0 Å². The van der Waals surface area contributed by atoms with Crippen molar-refractivity contribution in [3.05, 3.63) is 23.9 Å². The van der Waals surface area contributed by atoms with Gasteiger partial charge >= 0.3 is 0 Å². The van der Waals surface area contributed by atoms with Crippen molar-refractivity contribution in [3.8, 4) is 5.88 Å². The lowest BCUT2D eigenvalue weighted by atomic mass is 10.1. The van der Waals surface area contributed by atoms with Gasteiger partial charge < -0.3 is 15.0 Å². The predicted octanol–water partition coefficient (Wildman–Crippen LogP) is 2.62. The molecule has 0 amide bonds. The number of pyridine rings is 1. The topological polar surface area (TPSA) is 37.4 Å². The number of hydrogen-bond acceptors (Lipinski definition) is 4. The van der Waals surface area contributed by atoms with Crippen molar-refractivity contribution in [2.24, 2.45) is 0 Å². The zero-order valence-electron chi connectivity index (χ0n) is 12.9. The molecule has 0 radical (unpaired) electrons. The van der Waals surface area contributed by atoms with E-state index >= 15 is 0 Å². The van der Waals surface area contributed by atoms with Gasteiger partial charge in [-0.05, 0) is 51.9 Å². The van der Waals surface area contributed by atoms with Crippen molar-refractivity contribution in [2.75, 3.05) is 26.7 Å². The maximum Gasteiger partial charge on any atom is 0.213 e. The van der Waals surface area contributed by atoms with Crippen molar-refractivity contribution in [2.45, 2.75) is 45.2 Å². The number of hydrogen-bond donors (Lipinski definition) is 1. The summed E-state index contributed by atoms with van der Waals surface area (Å²) in [4.78, 5) is 6.82. The molecule has 1 fully saturated rings. The second-order valence-corrected chi connectivity index (χ2v) is 5.62. The zero-order chi connectivity index (χ0) is 14.4. The molecule has 1 saturated heterocycles. The maximum atomic E-state index is 5.75. The molecule has 2 unspecified atom stereocenters. The SMILES string of the molecule is CCNC(C)c1ccc(OCCC2CCCN2C)nc1. The first-order chi connectivity index (χ1) is 9.70. The van der Waals surface area contributed by atoms with Crippen LogP contribution in [0.15, 0.2) is 18.3 Å². The minimum absolute atomic E-state index is 0.341. The van der Waals surface area contributed by atoms with Gasteiger partial charge in [0.15, 0.2) is 0 Å². The quantitative estimate of drug-likeness (QED) is 0.831. The molecule has 1 aromatic rings. The van der Waals surface area contributed by atoms with E-state index in [1.54, 1.807) is 0 Å². The van der Waals surface area contributed by atoms with Gasteiger partial charge in [0.1, 0.15) is 0 Å². The minimum atomic E-state index is 0.341. The first kappa shape index (κ1) is 15.3. The smallest absolute Gasteiger partial charge is 0.213 e. The van der Waals surface area contributed by atoms with E-state index in [0.29, 0.717) is 12.1 Å². The van der Waals surface area contributed by atoms with Gasteiger partial charge in [-0.1, -0.05) is 13.0 Å². The molecule has 2 rings (SSSR count). The molecule has 0 spiro atoms. The molecular formula is C16H27N3O. The van der Waals surface area contributed by atoms with Gasteiger partial charge in [-0.3, -0.25) is 0 Å². The van der Waals surface area contributed by atoms with Gasteiger partial charge in [-0.2, -0.15) is 0 Å². The van der Waals surface area contributed by atoms with Crippen LogP contribution in [0, 0.1) is 0 Å². The zero-order valence-corrected chi connectivity index (χ0v) is 12.9. The number of aromatic nitrogens is 1. The number of nitrogens with zero attached hydrogens (tertiary/aromatic N) is 2. The van der Waals surface area contributed by atoms with Gasteiger partial charge in [0.05, 0.1) is 6.61 Å². The molecule has 20 heavy (non-hydrogen) atoms. The van der Waals surface area contributed by atoms with E-state index in [0.717, 1.165) is 25.5 Å². The van der Waals surface area contributed by atoms with E-state index in [1.165, 1.54) is 24.9 Å². The molecule has 112 valence electrons. The van der Waals surface area contributed by atoms with Gasteiger partial charge in [-0.25, -0.2) is 4.98 Å². The third-order valence-corrected chi connectivity index (χ3v) is 4.14. The monoisotopic (exact) mass is 277 g/mol. The van der Waals surface area contributed by atoms with Crippen molar-refractivity contribution in [1.29, 1.82) is 0 Å². The summed E-state index contributed by atoms with van der Waals surface area (Å²) in [7, 11) is 2.20. The van der Waals surface area contributed by atoms with E-state index in [-0.39, 0.29) is 0 Å². The largest absolute Gasteiger partial charge is 0.478 e. The molecule has 1 N–H and O–H groups in total. The highest BCUT2D eigenvalue weighted by molar-refractivity contribution is 5.20. The van der Waals surface area contributed by atoms with E-state index < -0.39 is 0 Å². The Morgan fingerprint density at radius 1 is 1.50 bits per heavy atom. The molecule has 0 aromatic carbocycles. The molecule has 2 atom stereocenters. The van der Waals surface area contributed by atoms with Crippen molar-refractivity contribution in [3.63, 3.8) is 0 Å². The maximum absolute atomic E-state index is 5.75. The number of ether oxygens (including phenoxy) is 1. The van der Waals surface area contributed by atoms with Crippen molar-refractivity contribution < 1.29 is 4.74 Å². The lowest BCUT2D eigenvalue weighted by Gasteiger charge is -2.19. The van der Waals surface area contributed by atoms with E-state index in [1.807, 2.05) is 12.3 Å². The Morgan fingerprint density at radius 2 is 2.35 bits per heavy atom. The first-order valence-electron chi connectivity index (χ1n) is 7.73. The van der Waals surface area contributed by atoms with Crippen LogP contribution in [0.2, 0.25) is 0 Å². The fourth-order valence-corrected chi connectivity index (χ4v) is 2.80. The average molecular weight is 277 g/mol. The second-order valence-electron chi connectivity index (χ2n) is 5.62. The summed E-state index contributed by atoms with van der Waals surface area (Å²) < 4.78 is 5.75. The van der Waals surface area contributed by atoms with Gasteiger partial charge in [0, 0.05) is 24.3 Å².